The molecule has 1 aromatic heterocycles. The van der Waals surface area contributed by atoms with Crippen molar-refractivity contribution in [2.75, 3.05) is 30.7 Å². The molecule has 1 aliphatic heterocycles. The lowest BCUT2D eigenvalue weighted by molar-refractivity contribution is 0.223. The minimum absolute atomic E-state index is 0.121. The van der Waals surface area contributed by atoms with E-state index in [4.69, 9.17) is 17.3 Å². The monoisotopic (exact) mass is 270 g/mol. The van der Waals surface area contributed by atoms with Gasteiger partial charge in [-0.2, -0.15) is 15.0 Å². The van der Waals surface area contributed by atoms with Gasteiger partial charge in [-0.1, -0.05) is 6.42 Å². The van der Waals surface area contributed by atoms with Gasteiger partial charge in [-0.25, -0.2) is 0 Å². The summed E-state index contributed by atoms with van der Waals surface area (Å²) in [4.78, 5) is 14.2. The summed E-state index contributed by atoms with van der Waals surface area (Å²) in [5.74, 6) is 0.583. The Kier molecular flexibility index (Phi) is 4.54. The number of piperidine rings is 1. The van der Waals surface area contributed by atoms with E-state index in [9.17, 15) is 0 Å². The van der Waals surface area contributed by atoms with Crippen LogP contribution in [0.5, 0.6) is 0 Å². The maximum atomic E-state index is 5.73. The highest BCUT2D eigenvalue weighted by Crippen LogP contribution is 2.11. The molecular formula is C11H19ClN6. The van der Waals surface area contributed by atoms with Crippen LogP contribution in [0.4, 0.5) is 11.9 Å². The minimum atomic E-state index is 0.121. The highest BCUT2D eigenvalue weighted by atomic mass is 35.5. The van der Waals surface area contributed by atoms with Crippen molar-refractivity contribution in [2.45, 2.75) is 32.2 Å². The van der Waals surface area contributed by atoms with E-state index < -0.39 is 0 Å². The van der Waals surface area contributed by atoms with Crippen molar-refractivity contribution in [3.63, 3.8) is 0 Å². The van der Waals surface area contributed by atoms with Gasteiger partial charge in [0.15, 0.2) is 0 Å². The van der Waals surface area contributed by atoms with E-state index in [1.54, 1.807) is 0 Å². The topological polar surface area (TPSA) is 80.0 Å². The Morgan fingerprint density at radius 3 is 2.67 bits per heavy atom. The van der Waals surface area contributed by atoms with Gasteiger partial charge in [0.25, 0.3) is 0 Å². The molecule has 0 spiro atoms. The van der Waals surface area contributed by atoms with Crippen LogP contribution in [0.2, 0.25) is 5.28 Å². The van der Waals surface area contributed by atoms with Crippen molar-refractivity contribution in [1.29, 1.82) is 0 Å². The fourth-order valence-electron chi connectivity index (χ4n) is 2.23. The van der Waals surface area contributed by atoms with E-state index in [0.29, 0.717) is 5.95 Å². The van der Waals surface area contributed by atoms with Crippen LogP contribution in [0, 0.1) is 0 Å². The molecule has 0 radical (unpaired) electrons. The molecule has 0 aliphatic carbocycles. The van der Waals surface area contributed by atoms with Crippen LogP contribution in [0.1, 0.15) is 26.2 Å². The second-order valence-electron chi connectivity index (χ2n) is 4.69. The quantitative estimate of drug-likeness (QED) is 0.861. The van der Waals surface area contributed by atoms with Crippen molar-refractivity contribution >= 4 is 23.5 Å². The first-order valence-electron chi connectivity index (χ1n) is 6.29. The maximum absolute atomic E-state index is 5.73. The molecule has 0 amide bonds. The van der Waals surface area contributed by atoms with Crippen molar-refractivity contribution in [2.24, 2.45) is 0 Å². The first-order chi connectivity index (χ1) is 8.63. The van der Waals surface area contributed by atoms with Gasteiger partial charge in [-0.3, -0.25) is 0 Å². The number of halogens is 1. The van der Waals surface area contributed by atoms with Crippen LogP contribution in [0.3, 0.4) is 0 Å². The molecule has 0 bridgehead atoms. The highest BCUT2D eigenvalue weighted by molar-refractivity contribution is 6.28. The summed E-state index contributed by atoms with van der Waals surface area (Å²) in [5, 5.41) is 3.32. The first kappa shape index (κ1) is 13.3. The Balaban J connectivity index is 1.87. The fourth-order valence-corrected chi connectivity index (χ4v) is 2.39. The number of hydrogen-bond donors (Lipinski definition) is 2. The molecule has 1 fully saturated rings. The molecule has 1 unspecified atom stereocenters. The van der Waals surface area contributed by atoms with E-state index in [1.807, 2.05) is 0 Å². The third-order valence-corrected chi connectivity index (χ3v) is 3.15. The number of anilines is 2. The van der Waals surface area contributed by atoms with Crippen molar-refractivity contribution in [3.8, 4) is 0 Å². The summed E-state index contributed by atoms with van der Waals surface area (Å²) in [7, 11) is 0. The van der Waals surface area contributed by atoms with Crippen molar-refractivity contribution in [3.05, 3.63) is 5.28 Å². The minimum Gasteiger partial charge on any atom is -0.368 e. The van der Waals surface area contributed by atoms with E-state index in [0.717, 1.165) is 6.54 Å². The standard InChI is InChI=1S/C11H19ClN6/c1-8(7-18-5-3-2-4-6-18)14-11-16-9(12)15-10(13)17-11/h8H,2-7H2,1H3,(H3,13,14,15,16,17). The molecule has 100 valence electrons. The molecule has 18 heavy (non-hydrogen) atoms. The average molecular weight is 271 g/mol. The van der Waals surface area contributed by atoms with Crippen LogP contribution < -0.4 is 11.1 Å². The van der Waals surface area contributed by atoms with Crippen LogP contribution in [-0.4, -0.2) is 45.5 Å². The van der Waals surface area contributed by atoms with E-state index >= 15 is 0 Å². The molecule has 6 nitrogen and oxygen atoms in total. The first-order valence-corrected chi connectivity index (χ1v) is 6.67. The van der Waals surface area contributed by atoms with Gasteiger partial charge in [0.1, 0.15) is 0 Å². The predicted molar refractivity (Wildman–Crippen MR) is 72.6 cm³/mol. The zero-order chi connectivity index (χ0) is 13.0. The molecule has 1 aliphatic rings. The number of nitrogens with zero attached hydrogens (tertiary/aromatic N) is 4. The van der Waals surface area contributed by atoms with Gasteiger partial charge in [-0.05, 0) is 44.5 Å². The Morgan fingerprint density at radius 1 is 1.28 bits per heavy atom. The van der Waals surface area contributed by atoms with E-state index in [-0.39, 0.29) is 17.3 Å². The van der Waals surface area contributed by atoms with Crippen LogP contribution in [0.25, 0.3) is 0 Å². The van der Waals surface area contributed by atoms with Gasteiger partial charge in [0.05, 0.1) is 0 Å². The number of nitrogens with one attached hydrogen (secondary N) is 1. The lowest BCUT2D eigenvalue weighted by atomic mass is 10.1. The van der Waals surface area contributed by atoms with Crippen molar-refractivity contribution in [1.82, 2.24) is 19.9 Å². The zero-order valence-electron chi connectivity index (χ0n) is 10.6. The van der Waals surface area contributed by atoms with Crippen LogP contribution >= 0.6 is 11.6 Å². The summed E-state index contributed by atoms with van der Waals surface area (Å²) in [6.07, 6.45) is 3.92. The largest absolute Gasteiger partial charge is 0.368 e. The molecule has 1 saturated heterocycles. The lowest BCUT2D eigenvalue weighted by Gasteiger charge is -2.29. The number of hydrogen-bond acceptors (Lipinski definition) is 6. The normalized spacial score (nSPS) is 18.6. The fraction of sp³-hybridized carbons (Fsp3) is 0.727. The summed E-state index contributed by atoms with van der Waals surface area (Å²) < 4.78 is 0. The van der Waals surface area contributed by atoms with Gasteiger partial charge >= 0.3 is 0 Å². The van der Waals surface area contributed by atoms with Crippen LogP contribution in [-0.2, 0) is 0 Å². The Hall–Kier alpha value is -1.14. The molecule has 3 N–H and O–H groups in total. The third-order valence-electron chi connectivity index (χ3n) is 2.98. The molecule has 2 rings (SSSR count). The van der Waals surface area contributed by atoms with Gasteiger partial charge < -0.3 is 16.0 Å². The molecule has 0 aromatic carbocycles. The number of nitrogens with two attached hydrogens (primary N) is 1. The van der Waals surface area contributed by atoms with Gasteiger partial charge in [0, 0.05) is 12.6 Å². The number of aromatic nitrogens is 3. The second-order valence-corrected chi connectivity index (χ2v) is 5.03. The number of likely N-dealkylation sites (tertiary alicyclic amines) is 1. The molecule has 1 atom stereocenters. The van der Waals surface area contributed by atoms with Crippen LogP contribution in [0.15, 0.2) is 0 Å². The second kappa shape index (κ2) is 6.15. The van der Waals surface area contributed by atoms with E-state index in [1.165, 1.54) is 32.4 Å². The highest BCUT2D eigenvalue weighted by Gasteiger charge is 2.14. The Morgan fingerprint density at radius 2 is 2.00 bits per heavy atom. The zero-order valence-corrected chi connectivity index (χ0v) is 11.3. The van der Waals surface area contributed by atoms with Gasteiger partial charge in [0.2, 0.25) is 17.2 Å². The van der Waals surface area contributed by atoms with Crippen molar-refractivity contribution < 1.29 is 0 Å². The molecular weight excluding hydrogens is 252 g/mol. The number of nitrogen functional groups attached to an aromatic ring is 1. The van der Waals surface area contributed by atoms with E-state index in [2.05, 4.69) is 32.1 Å². The lowest BCUT2D eigenvalue weighted by Crippen LogP contribution is -2.38. The third kappa shape index (κ3) is 3.96. The Labute approximate surface area is 112 Å². The molecule has 0 saturated carbocycles. The number of rotatable bonds is 4. The summed E-state index contributed by atoms with van der Waals surface area (Å²) in [6, 6.07) is 0.251. The summed E-state index contributed by atoms with van der Waals surface area (Å²) >= 11 is 5.73. The predicted octanol–water partition coefficient (Wildman–Crippen LogP) is 1.39. The maximum Gasteiger partial charge on any atom is 0.229 e. The molecule has 1 aromatic rings. The smallest absolute Gasteiger partial charge is 0.229 e. The summed E-state index contributed by atoms with van der Waals surface area (Å²) in [5.41, 5.74) is 5.52. The SMILES string of the molecule is CC(CN1CCCCC1)Nc1nc(N)nc(Cl)n1. The Bertz CT molecular complexity index is 373. The molecule has 7 heteroatoms. The average Bonchev–Trinajstić information content (AvgIpc) is 2.28. The van der Waals surface area contributed by atoms with Gasteiger partial charge in [-0.15, -0.1) is 0 Å². The molecule has 2 heterocycles. The summed E-state index contributed by atoms with van der Waals surface area (Å²) in [6.45, 7) is 5.42.